The third kappa shape index (κ3) is 9.28. The molecule has 5 nitrogen and oxygen atoms in total. The highest BCUT2D eigenvalue weighted by Gasteiger charge is 2.16. The fraction of sp³-hybridized carbons (Fsp3) is 0.632. The summed E-state index contributed by atoms with van der Waals surface area (Å²) in [6, 6.07) is 3.94. The molecule has 0 aliphatic carbocycles. The molecule has 2 amide bonds. The van der Waals surface area contributed by atoms with Gasteiger partial charge in [-0.1, -0.05) is 26.2 Å². The van der Waals surface area contributed by atoms with Crippen LogP contribution in [-0.4, -0.2) is 34.8 Å². The zero-order valence-electron chi connectivity index (χ0n) is 14.9. The maximum atomic E-state index is 11.7. The molecule has 2 rings (SSSR count). The van der Waals surface area contributed by atoms with Crippen molar-refractivity contribution in [1.29, 1.82) is 0 Å². The van der Waals surface area contributed by atoms with E-state index < -0.39 is 0 Å². The van der Waals surface area contributed by atoms with Gasteiger partial charge in [0.2, 0.25) is 11.8 Å². The number of rotatable bonds is 8. The average molecular weight is 333 g/mol. The van der Waals surface area contributed by atoms with Gasteiger partial charge in [0.05, 0.1) is 0 Å². The van der Waals surface area contributed by atoms with Crippen molar-refractivity contribution in [2.45, 2.75) is 64.7 Å². The maximum absolute atomic E-state index is 11.7. The van der Waals surface area contributed by atoms with Gasteiger partial charge in [0, 0.05) is 38.3 Å². The molecule has 0 aromatic carbocycles. The number of hydrogen-bond donors (Lipinski definition) is 1. The first-order chi connectivity index (χ1) is 11.6. The molecule has 1 aromatic heterocycles. The fourth-order valence-electron chi connectivity index (χ4n) is 2.65. The number of amides is 2. The number of likely N-dealkylation sites (tertiary alicyclic amines) is 1. The molecule has 0 radical (unpaired) electrons. The lowest BCUT2D eigenvalue weighted by atomic mass is 10.1. The first kappa shape index (κ1) is 20.1. The molecule has 134 valence electrons. The second-order valence-electron chi connectivity index (χ2n) is 6.22. The predicted octanol–water partition coefficient (Wildman–Crippen LogP) is 3.08. The number of primary amides is 1. The Morgan fingerprint density at radius 3 is 2.33 bits per heavy atom. The maximum Gasteiger partial charge on any atom is 0.222 e. The van der Waals surface area contributed by atoms with E-state index in [9.17, 15) is 9.59 Å². The molecule has 1 aliphatic heterocycles. The predicted molar refractivity (Wildman–Crippen MR) is 96.3 cm³/mol. The van der Waals surface area contributed by atoms with Gasteiger partial charge in [-0.05, 0) is 43.4 Å². The molecule has 2 N–H and O–H groups in total. The second kappa shape index (κ2) is 12.5. The van der Waals surface area contributed by atoms with E-state index in [2.05, 4.69) is 11.9 Å². The van der Waals surface area contributed by atoms with Crippen molar-refractivity contribution < 1.29 is 9.59 Å². The number of unbranched alkanes of at least 4 members (excludes halogenated alkanes) is 3. The van der Waals surface area contributed by atoms with Gasteiger partial charge >= 0.3 is 0 Å². The van der Waals surface area contributed by atoms with E-state index in [0.717, 1.165) is 32.4 Å². The van der Waals surface area contributed by atoms with Crippen LogP contribution in [0.25, 0.3) is 0 Å². The Hall–Kier alpha value is -1.91. The minimum Gasteiger partial charge on any atom is -0.370 e. The summed E-state index contributed by atoms with van der Waals surface area (Å²) in [6.07, 6.45) is 12.4. The Bertz CT molecular complexity index is 471. The van der Waals surface area contributed by atoms with Crippen LogP contribution in [0.15, 0.2) is 24.5 Å². The molecule has 1 aliphatic rings. The quantitative estimate of drug-likeness (QED) is 0.743. The molecule has 1 fully saturated rings. The molecular weight excluding hydrogens is 302 g/mol. The van der Waals surface area contributed by atoms with Crippen molar-refractivity contribution in [2.24, 2.45) is 5.73 Å². The van der Waals surface area contributed by atoms with E-state index in [-0.39, 0.29) is 5.91 Å². The molecule has 5 heteroatoms. The summed E-state index contributed by atoms with van der Waals surface area (Å²) < 4.78 is 0. The van der Waals surface area contributed by atoms with Crippen LogP contribution in [0.2, 0.25) is 0 Å². The smallest absolute Gasteiger partial charge is 0.222 e. The van der Waals surface area contributed by atoms with Crippen molar-refractivity contribution in [3.63, 3.8) is 0 Å². The van der Waals surface area contributed by atoms with Crippen molar-refractivity contribution in [3.8, 4) is 0 Å². The Labute approximate surface area is 145 Å². The average Bonchev–Trinajstić information content (AvgIpc) is 3.13. The van der Waals surface area contributed by atoms with Gasteiger partial charge in [-0.25, -0.2) is 0 Å². The summed E-state index contributed by atoms with van der Waals surface area (Å²) in [4.78, 5) is 27.8. The van der Waals surface area contributed by atoms with Crippen LogP contribution in [0.4, 0.5) is 0 Å². The number of carbonyl (C=O) groups is 2. The fourth-order valence-corrected chi connectivity index (χ4v) is 2.65. The first-order valence-corrected chi connectivity index (χ1v) is 9.08. The Kier molecular flexibility index (Phi) is 10.5. The normalized spacial score (nSPS) is 13.3. The molecule has 1 aromatic rings. The summed E-state index contributed by atoms with van der Waals surface area (Å²) in [5.74, 6) is 0.121. The molecule has 0 atom stereocenters. The van der Waals surface area contributed by atoms with Gasteiger partial charge in [0.1, 0.15) is 0 Å². The number of pyridine rings is 1. The largest absolute Gasteiger partial charge is 0.370 e. The minimum atomic E-state index is -0.175. The third-order valence-corrected chi connectivity index (χ3v) is 4.11. The van der Waals surface area contributed by atoms with E-state index in [1.165, 1.54) is 31.2 Å². The van der Waals surface area contributed by atoms with Crippen LogP contribution in [0.1, 0.15) is 63.9 Å². The van der Waals surface area contributed by atoms with Crippen LogP contribution < -0.4 is 5.73 Å². The number of aryl methyl sites for hydroxylation is 1. The number of aromatic nitrogens is 1. The third-order valence-electron chi connectivity index (χ3n) is 4.11. The SMILES string of the molecule is CCCCCCC(N)=O.O=C(CCc1ccncc1)N1CCCC1. The molecule has 1 saturated heterocycles. The van der Waals surface area contributed by atoms with E-state index >= 15 is 0 Å². The first-order valence-electron chi connectivity index (χ1n) is 9.08. The Balaban J connectivity index is 0.000000277. The van der Waals surface area contributed by atoms with Gasteiger partial charge in [0.15, 0.2) is 0 Å². The number of carbonyl (C=O) groups excluding carboxylic acids is 2. The molecule has 0 spiro atoms. The van der Waals surface area contributed by atoms with E-state index in [0.29, 0.717) is 18.7 Å². The van der Waals surface area contributed by atoms with Crippen molar-refractivity contribution in [1.82, 2.24) is 9.88 Å². The highest BCUT2D eigenvalue weighted by Crippen LogP contribution is 2.10. The van der Waals surface area contributed by atoms with Gasteiger partial charge in [-0.3, -0.25) is 14.6 Å². The zero-order chi connectivity index (χ0) is 17.6. The molecule has 0 saturated carbocycles. The lowest BCUT2D eigenvalue weighted by Crippen LogP contribution is -2.27. The van der Waals surface area contributed by atoms with Crippen LogP contribution >= 0.6 is 0 Å². The Morgan fingerprint density at radius 2 is 1.75 bits per heavy atom. The van der Waals surface area contributed by atoms with Crippen LogP contribution in [-0.2, 0) is 16.0 Å². The van der Waals surface area contributed by atoms with Gasteiger partial charge < -0.3 is 10.6 Å². The summed E-state index contributed by atoms with van der Waals surface area (Å²) in [5.41, 5.74) is 6.13. The van der Waals surface area contributed by atoms with Gasteiger partial charge in [-0.15, -0.1) is 0 Å². The van der Waals surface area contributed by atoms with Crippen molar-refractivity contribution >= 4 is 11.8 Å². The minimum absolute atomic E-state index is 0.175. The molecule has 24 heavy (non-hydrogen) atoms. The van der Waals surface area contributed by atoms with Crippen molar-refractivity contribution in [3.05, 3.63) is 30.1 Å². The highest BCUT2D eigenvalue weighted by atomic mass is 16.2. The zero-order valence-corrected chi connectivity index (χ0v) is 14.9. The Morgan fingerprint density at radius 1 is 1.08 bits per heavy atom. The molecule has 0 unspecified atom stereocenters. The lowest BCUT2D eigenvalue weighted by Gasteiger charge is -2.14. The van der Waals surface area contributed by atoms with Crippen LogP contribution in [0.3, 0.4) is 0 Å². The van der Waals surface area contributed by atoms with Crippen LogP contribution in [0, 0.1) is 0 Å². The number of nitrogens with two attached hydrogens (primary N) is 1. The van der Waals surface area contributed by atoms with E-state index in [4.69, 9.17) is 5.73 Å². The number of hydrogen-bond acceptors (Lipinski definition) is 3. The van der Waals surface area contributed by atoms with Gasteiger partial charge in [-0.2, -0.15) is 0 Å². The van der Waals surface area contributed by atoms with E-state index in [1.807, 2.05) is 17.0 Å². The van der Waals surface area contributed by atoms with Crippen LogP contribution in [0.5, 0.6) is 0 Å². The summed E-state index contributed by atoms with van der Waals surface area (Å²) in [6.45, 7) is 4.05. The van der Waals surface area contributed by atoms with E-state index in [1.54, 1.807) is 12.4 Å². The second-order valence-corrected chi connectivity index (χ2v) is 6.22. The monoisotopic (exact) mass is 333 g/mol. The van der Waals surface area contributed by atoms with Gasteiger partial charge in [0.25, 0.3) is 0 Å². The lowest BCUT2D eigenvalue weighted by molar-refractivity contribution is -0.130. The molecule has 0 bridgehead atoms. The molecular formula is C19H31N3O2. The molecule has 2 heterocycles. The van der Waals surface area contributed by atoms with Crippen molar-refractivity contribution in [2.75, 3.05) is 13.1 Å². The standard InChI is InChI=1S/C12H16N2O.C7H15NO/c15-12(14-9-1-2-10-14)4-3-11-5-7-13-8-6-11;1-2-3-4-5-6-7(8)9/h5-8H,1-4,9-10H2;2-6H2,1H3,(H2,8,9). The summed E-state index contributed by atoms with van der Waals surface area (Å²) >= 11 is 0. The summed E-state index contributed by atoms with van der Waals surface area (Å²) in [5, 5.41) is 0. The summed E-state index contributed by atoms with van der Waals surface area (Å²) in [7, 11) is 0. The highest BCUT2D eigenvalue weighted by molar-refractivity contribution is 5.76. The topological polar surface area (TPSA) is 76.3 Å². The number of nitrogens with zero attached hydrogens (tertiary/aromatic N) is 2.